The Kier molecular flexibility index (Phi) is 12.0. The van der Waals surface area contributed by atoms with Crippen molar-refractivity contribution in [2.75, 3.05) is 23.7 Å². The van der Waals surface area contributed by atoms with E-state index in [1.165, 1.54) is 6.07 Å². The van der Waals surface area contributed by atoms with Crippen molar-refractivity contribution in [3.8, 4) is 0 Å². The Balaban J connectivity index is 1.88. The van der Waals surface area contributed by atoms with Gasteiger partial charge >= 0.3 is 0 Å². The molecule has 0 aromatic heterocycles. The monoisotopic (exact) mass is 599 g/mol. The van der Waals surface area contributed by atoms with Gasteiger partial charge in [-0.2, -0.15) is 0 Å². The number of hydrogen-bond acceptors (Lipinski definition) is 4. The Morgan fingerprint density at radius 3 is 2.26 bits per heavy atom. The molecule has 0 saturated heterocycles. The zero-order chi connectivity index (χ0) is 30.7. The molecule has 42 heavy (non-hydrogen) atoms. The maximum absolute atomic E-state index is 13.9. The molecular formula is C32H39F2N3O4S. The van der Waals surface area contributed by atoms with Crippen LogP contribution in [0.5, 0.6) is 0 Å². The summed E-state index contributed by atoms with van der Waals surface area (Å²) in [5.41, 5.74) is 2.74. The van der Waals surface area contributed by atoms with E-state index in [1.807, 2.05) is 68.4 Å². The number of benzene rings is 3. The fourth-order valence-electron chi connectivity index (χ4n) is 4.68. The van der Waals surface area contributed by atoms with Crippen LogP contribution in [0.1, 0.15) is 49.3 Å². The van der Waals surface area contributed by atoms with E-state index in [1.54, 1.807) is 4.90 Å². The maximum Gasteiger partial charge on any atom is 0.243 e. The summed E-state index contributed by atoms with van der Waals surface area (Å²) in [6.07, 6.45) is 3.03. The highest BCUT2D eigenvalue weighted by atomic mass is 32.2. The number of halogens is 2. The van der Waals surface area contributed by atoms with E-state index in [9.17, 15) is 26.8 Å². The largest absolute Gasteiger partial charge is 0.354 e. The lowest BCUT2D eigenvalue weighted by atomic mass is 10.0. The molecule has 226 valence electrons. The summed E-state index contributed by atoms with van der Waals surface area (Å²) in [6.45, 7) is 4.53. The number of nitrogens with zero attached hydrogens (tertiary/aromatic N) is 2. The second-order valence-corrected chi connectivity index (χ2v) is 12.2. The first kappa shape index (κ1) is 32.7. The number of amides is 2. The fraction of sp³-hybridized carbons (Fsp3) is 0.375. The molecule has 3 rings (SSSR count). The number of unbranched alkanes of at least 4 members (excludes halogenated alkanes) is 1. The van der Waals surface area contributed by atoms with Gasteiger partial charge in [-0.05, 0) is 48.6 Å². The molecule has 0 saturated carbocycles. The maximum atomic E-state index is 13.9. The summed E-state index contributed by atoms with van der Waals surface area (Å²) in [5, 5.41) is 2.98. The summed E-state index contributed by atoms with van der Waals surface area (Å²) in [5.74, 6) is -2.83. The number of nitrogens with one attached hydrogen (secondary N) is 1. The quantitative estimate of drug-likeness (QED) is 0.238. The minimum Gasteiger partial charge on any atom is -0.354 e. The molecule has 3 aromatic rings. The molecule has 0 aliphatic rings. The van der Waals surface area contributed by atoms with Crippen molar-refractivity contribution in [1.29, 1.82) is 0 Å². The van der Waals surface area contributed by atoms with E-state index >= 15 is 0 Å². The number of rotatable bonds is 15. The summed E-state index contributed by atoms with van der Waals surface area (Å²) in [4.78, 5) is 29.0. The van der Waals surface area contributed by atoms with Crippen molar-refractivity contribution < 1.29 is 26.8 Å². The predicted octanol–water partition coefficient (Wildman–Crippen LogP) is 5.38. The first-order valence-electron chi connectivity index (χ1n) is 14.1. The second-order valence-electron chi connectivity index (χ2n) is 10.3. The van der Waals surface area contributed by atoms with Crippen LogP contribution >= 0.6 is 0 Å². The van der Waals surface area contributed by atoms with Gasteiger partial charge in [0.1, 0.15) is 6.04 Å². The number of aryl methyl sites for hydroxylation is 1. The molecule has 2 amide bonds. The molecule has 0 bridgehead atoms. The van der Waals surface area contributed by atoms with Crippen LogP contribution in [0, 0.1) is 18.6 Å². The van der Waals surface area contributed by atoms with Gasteiger partial charge in [0.2, 0.25) is 21.8 Å². The minimum atomic E-state index is -3.85. The summed E-state index contributed by atoms with van der Waals surface area (Å²) < 4.78 is 53.3. The van der Waals surface area contributed by atoms with Crippen molar-refractivity contribution in [1.82, 2.24) is 10.2 Å². The van der Waals surface area contributed by atoms with Gasteiger partial charge in [-0.25, -0.2) is 17.2 Å². The van der Waals surface area contributed by atoms with E-state index < -0.39 is 27.7 Å². The number of carbonyl (C=O) groups is 2. The van der Waals surface area contributed by atoms with Gasteiger partial charge in [-0.15, -0.1) is 0 Å². The normalized spacial score (nSPS) is 12.0. The Hall–Kier alpha value is -3.79. The van der Waals surface area contributed by atoms with Crippen molar-refractivity contribution in [3.05, 3.63) is 101 Å². The van der Waals surface area contributed by atoms with Crippen LogP contribution < -0.4 is 9.62 Å². The van der Waals surface area contributed by atoms with Gasteiger partial charge in [0, 0.05) is 38.5 Å². The molecule has 0 unspecified atom stereocenters. The van der Waals surface area contributed by atoms with Crippen molar-refractivity contribution in [3.63, 3.8) is 0 Å². The Morgan fingerprint density at radius 2 is 1.62 bits per heavy atom. The van der Waals surface area contributed by atoms with Crippen LogP contribution in [0.2, 0.25) is 0 Å². The first-order chi connectivity index (χ1) is 20.0. The highest BCUT2D eigenvalue weighted by molar-refractivity contribution is 7.92. The van der Waals surface area contributed by atoms with Crippen LogP contribution in [0.15, 0.2) is 72.8 Å². The van der Waals surface area contributed by atoms with E-state index in [-0.39, 0.29) is 43.4 Å². The summed E-state index contributed by atoms with van der Waals surface area (Å²) >= 11 is 0. The number of anilines is 1. The average molecular weight is 600 g/mol. The second kappa shape index (κ2) is 15.4. The van der Waals surface area contributed by atoms with E-state index in [0.29, 0.717) is 13.0 Å². The van der Waals surface area contributed by atoms with E-state index in [2.05, 4.69) is 5.32 Å². The van der Waals surface area contributed by atoms with Crippen LogP contribution in [-0.4, -0.2) is 50.5 Å². The molecule has 7 nitrogen and oxygen atoms in total. The number of carbonyl (C=O) groups excluding carboxylic acids is 2. The van der Waals surface area contributed by atoms with Crippen LogP contribution in [0.4, 0.5) is 14.5 Å². The predicted molar refractivity (Wildman–Crippen MR) is 161 cm³/mol. The third-order valence-corrected chi connectivity index (χ3v) is 8.24. The molecular weight excluding hydrogens is 560 g/mol. The molecule has 0 spiro atoms. The standard InChI is InChI=1S/C32H39F2N3O4S/c1-4-5-19-35-32(39)30(21-25-13-7-6-8-14-25)36(23-26-15-10-9-12-24(26)2)31(38)16-11-20-37(42(3,40)41)27-17-18-28(33)29(34)22-27/h6-10,12-15,17-18,22,30H,4-5,11,16,19-21,23H2,1-3H3,(H,35,39)/t30-/m0/s1. The third kappa shape index (κ3) is 9.37. The lowest BCUT2D eigenvalue weighted by molar-refractivity contribution is -0.141. The summed E-state index contributed by atoms with van der Waals surface area (Å²) in [6, 6.07) is 19.2. The Morgan fingerprint density at radius 1 is 0.929 bits per heavy atom. The smallest absolute Gasteiger partial charge is 0.243 e. The van der Waals surface area contributed by atoms with Crippen molar-refractivity contribution in [2.45, 2.75) is 58.5 Å². The zero-order valence-electron chi connectivity index (χ0n) is 24.4. The van der Waals surface area contributed by atoms with Gasteiger partial charge in [0.15, 0.2) is 11.6 Å². The third-order valence-electron chi connectivity index (χ3n) is 7.05. The van der Waals surface area contributed by atoms with Gasteiger partial charge < -0.3 is 10.2 Å². The number of hydrogen-bond donors (Lipinski definition) is 1. The molecule has 1 atom stereocenters. The zero-order valence-corrected chi connectivity index (χ0v) is 25.2. The lowest BCUT2D eigenvalue weighted by Gasteiger charge is -2.32. The molecule has 1 N–H and O–H groups in total. The van der Waals surface area contributed by atoms with Gasteiger partial charge in [0.25, 0.3) is 0 Å². The molecule has 3 aromatic carbocycles. The van der Waals surface area contributed by atoms with Crippen molar-refractivity contribution in [2.24, 2.45) is 0 Å². The SMILES string of the molecule is CCCCNC(=O)[C@H](Cc1ccccc1)N(Cc1ccccc1C)C(=O)CCCN(c1ccc(F)c(F)c1)S(C)(=O)=O. The molecule has 0 aliphatic carbocycles. The first-order valence-corrected chi connectivity index (χ1v) is 15.9. The minimum absolute atomic E-state index is 0.0297. The molecule has 0 aliphatic heterocycles. The van der Waals surface area contributed by atoms with Gasteiger partial charge in [-0.3, -0.25) is 13.9 Å². The Bertz CT molecular complexity index is 1450. The van der Waals surface area contributed by atoms with Crippen LogP contribution in [0.25, 0.3) is 0 Å². The van der Waals surface area contributed by atoms with Gasteiger partial charge in [0.05, 0.1) is 11.9 Å². The molecule has 0 fully saturated rings. The van der Waals surface area contributed by atoms with Gasteiger partial charge in [-0.1, -0.05) is 67.9 Å². The highest BCUT2D eigenvalue weighted by Crippen LogP contribution is 2.22. The Labute approximate surface area is 247 Å². The van der Waals surface area contributed by atoms with Crippen molar-refractivity contribution >= 4 is 27.5 Å². The molecule has 0 heterocycles. The van der Waals surface area contributed by atoms with Crippen LogP contribution in [0.3, 0.4) is 0 Å². The summed E-state index contributed by atoms with van der Waals surface area (Å²) in [7, 11) is -3.85. The van der Waals surface area contributed by atoms with E-state index in [0.717, 1.165) is 52.2 Å². The van der Waals surface area contributed by atoms with Crippen LogP contribution in [-0.2, 0) is 32.6 Å². The highest BCUT2D eigenvalue weighted by Gasteiger charge is 2.30. The topological polar surface area (TPSA) is 86.8 Å². The van der Waals surface area contributed by atoms with E-state index in [4.69, 9.17) is 0 Å². The lowest BCUT2D eigenvalue weighted by Crippen LogP contribution is -2.50. The molecule has 10 heteroatoms. The average Bonchev–Trinajstić information content (AvgIpc) is 2.95. The molecule has 0 radical (unpaired) electrons. The fourth-order valence-corrected chi connectivity index (χ4v) is 5.63. The number of sulfonamides is 1.